The Kier molecular flexibility index (Phi) is 8.34. The maximum atomic E-state index is 5.42. The first-order valence-electron chi connectivity index (χ1n) is 10.3. The molecule has 3 rings (SSSR count). The van der Waals surface area contributed by atoms with Crippen LogP contribution in [0.3, 0.4) is 0 Å². The fraction of sp³-hybridized carbons (Fsp3) is 0.435. The van der Waals surface area contributed by atoms with Crippen molar-refractivity contribution in [3.8, 4) is 5.75 Å². The van der Waals surface area contributed by atoms with Crippen molar-refractivity contribution in [2.24, 2.45) is 4.99 Å². The van der Waals surface area contributed by atoms with Gasteiger partial charge in [0.25, 0.3) is 0 Å². The van der Waals surface area contributed by atoms with Crippen molar-refractivity contribution < 1.29 is 9.47 Å². The van der Waals surface area contributed by atoms with Crippen LogP contribution in [-0.2, 0) is 24.4 Å². The molecule has 1 aliphatic rings. The molecule has 0 aliphatic carbocycles. The number of nitrogens with one attached hydrogen (secondary N) is 2. The zero-order valence-electron chi connectivity index (χ0n) is 17.5. The Hall–Kier alpha value is -2.57. The van der Waals surface area contributed by atoms with Crippen LogP contribution in [-0.4, -0.2) is 50.8 Å². The Morgan fingerprint density at radius 2 is 1.62 bits per heavy atom. The monoisotopic (exact) mass is 396 g/mol. The van der Waals surface area contributed by atoms with Crippen LogP contribution in [0.5, 0.6) is 5.75 Å². The van der Waals surface area contributed by atoms with Gasteiger partial charge in [-0.1, -0.05) is 36.4 Å². The first kappa shape index (κ1) is 21.1. The number of morpholine rings is 1. The second kappa shape index (κ2) is 11.4. The van der Waals surface area contributed by atoms with Gasteiger partial charge in [0.15, 0.2) is 5.96 Å². The van der Waals surface area contributed by atoms with Gasteiger partial charge < -0.3 is 20.1 Å². The van der Waals surface area contributed by atoms with E-state index in [4.69, 9.17) is 9.47 Å². The van der Waals surface area contributed by atoms with Gasteiger partial charge in [-0.25, -0.2) is 4.99 Å². The lowest BCUT2D eigenvalue weighted by Crippen LogP contribution is -2.36. The zero-order valence-corrected chi connectivity index (χ0v) is 17.5. The van der Waals surface area contributed by atoms with Crippen molar-refractivity contribution in [1.82, 2.24) is 15.5 Å². The number of hydrogen-bond acceptors (Lipinski definition) is 4. The third-order valence-electron chi connectivity index (χ3n) is 4.92. The summed E-state index contributed by atoms with van der Waals surface area (Å²) in [7, 11) is 1.68. The second-order valence-electron chi connectivity index (χ2n) is 7.10. The summed E-state index contributed by atoms with van der Waals surface area (Å²) in [5.41, 5.74) is 3.73. The van der Waals surface area contributed by atoms with Gasteiger partial charge in [-0.3, -0.25) is 4.90 Å². The summed E-state index contributed by atoms with van der Waals surface area (Å²) >= 11 is 0. The zero-order chi connectivity index (χ0) is 20.3. The molecule has 156 valence electrons. The molecule has 0 bridgehead atoms. The van der Waals surface area contributed by atoms with Crippen molar-refractivity contribution in [2.75, 3.05) is 40.0 Å². The summed E-state index contributed by atoms with van der Waals surface area (Å²) in [5, 5.41) is 6.72. The predicted molar refractivity (Wildman–Crippen MR) is 117 cm³/mol. The van der Waals surface area contributed by atoms with Gasteiger partial charge in [0.05, 0.1) is 26.9 Å². The van der Waals surface area contributed by atoms with Crippen LogP contribution in [0, 0.1) is 0 Å². The lowest BCUT2D eigenvalue weighted by molar-refractivity contribution is 0.0342. The number of rotatable bonds is 8. The third kappa shape index (κ3) is 7.07. The summed E-state index contributed by atoms with van der Waals surface area (Å²) in [4.78, 5) is 7.12. The van der Waals surface area contributed by atoms with Crippen molar-refractivity contribution in [2.45, 2.75) is 26.6 Å². The number of benzene rings is 2. The molecule has 1 heterocycles. The van der Waals surface area contributed by atoms with Crippen molar-refractivity contribution in [3.63, 3.8) is 0 Å². The van der Waals surface area contributed by atoms with Crippen molar-refractivity contribution in [1.29, 1.82) is 0 Å². The van der Waals surface area contributed by atoms with E-state index in [1.807, 2.05) is 24.3 Å². The highest BCUT2D eigenvalue weighted by atomic mass is 16.5. The fourth-order valence-electron chi connectivity index (χ4n) is 3.21. The Labute approximate surface area is 173 Å². The highest BCUT2D eigenvalue weighted by Crippen LogP contribution is 2.12. The molecule has 0 atom stereocenters. The lowest BCUT2D eigenvalue weighted by Gasteiger charge is -2.26. The molecule has 6 nitrogen and oxygen atoms in total. The molecule has 0 spiro atoms. The maximum absolute atomic E-state index is 5.42. The van der Waals surface area contributed by atoms with Crippen LogP contribution < -0.4 is 15.4 Å². The van der Waals surface area contributed by atoms with Gasteiger partial charge in [-0.15, -0.1) is 0 Å². The average molecular weight is 397 g/mol. The van der Waals surface area contributed by atoms with Gasteiger partial charge in [-0.2, -0.15) is 0 Å². The van der Waals surface area contributed by atoms with E-state index in [1.165, 1.54) is 11.1 Å². The van der Waals surface area contributed by atoms with Crippen LogP contribution in [0.25, 0.3) is 0 Å². The molecule has 0 unspecified atom stereocenters. The Morgan fingerprint density at radius 3 is 2.28 bits per heavy atom. The second-order valence-corrected chi connectivity index (χ2v) is 7.10. The van der Waals surface area contributed by atoms with Gasteiger partial charge in [0.2, 0.25) is 0 Å². The summed E-state index contributed by atoms with van der Waals surface area (Å²) in [5.74, 6) is 1.68. The fourth-order valence-corrected chi connectivity index (χ4v) is 3.21. The number of guanidine groups is 1. The number of nitrogens with zero attached hydrogens (tertiary/aromatic N) is 2. The molecule has 0 radical (unpaired) electrons. The SMILES string of the molecule is CCNC(=NCc1ccc(OC)cc1)NCc1ccc(CN2CCOCC2)cc1. The number of ether oxygens (including phenoxy) is 2. The largest absolute Gasteiger partial charge is 0.497 e. The van der Waals surface area contributed by atoms with E-state index < -0.39 is 0 Å². The Balaban J connectivity index is 1.50. The van der Waals surface area contributed by atoms with Gasteiger partial charge >= 0.3 is 0 Å². The highest BCUT2D eigenvalue weighted by Gasteiger charge is 2.10. The lowest BCUT2D eigenvalue weighted by atomic mass is 10.1. The number of aliphatic imine (C=N–C) groups is 1. The molecule has 2 N–H and O–H groups in total. The first-order valence-corrected chi connectivity index (χ1v) is 10.3. The molecule has 0 amide bonds. The van der Waals surface area contributed by atoms with E-state index >= 15 is 0 Å². The van der Waals surface area contributed by atoms with Crippen molar-refractivity contribution >= 4 is 5.96 Å². The molecular weight excluding hydrogens is 364 g/mol. The Bertz CT molecular complexity index is 753. The van der Waals surface area contributed by atoms with Gasteiger partial charge in [0.1, 0.15) is 5.75 Å². The minimum Gasteiger partial charge on any atom is -0.497 e. The normalized spacial score (nSPS) is 15.2. The minimum atomic E-state index is 0.623. The first-order chi connectivity index (χ1) is 14.3. The number of methoxy groups -OCH3 is 1. The van der Waals surface area contributed by atoms with E-state index in [0.717, 1.165) is 63.2 Å². The van der Waals surface area contributed by atoms with Gasteiger partial charge in [-0.05, 0) is 35.7 Å². The summed E-state index contributed by atoms with van der Waals surface area (Å²) in [6, 6.07) is 16.8. The highest BCUT2D eigenvalue weighted by molar-refractivity contribution is 5.79. The van der Waals surface area contributed by atoms with Crippen molar-refractivity contribution in [3.05, 3.63) is 65.2 Å². The van der Waals surface area contributed by atoms with Crippen LogP contribution in [0.1, 0.15) is 23.6 Å². The third-order valence-corrected chi connectivity index (χ3v) is 4.92. The van der Waals surface area contributed by atoms with Gasteiger partial charge in [0, 0.05) is 32.7 Å². The molecule has 2 aromatic carbocycles. The van der Waals surface area contributed by atoms with Crippen LogP contribution >= 0.6 is 0 Å². The van der Waals surface area contributed by atoms with E-state index in [9.17, 15) is 0 Å². The molecule has 0 aromatic heterocycles. The topological polar surface area (TPSA) is 58.1 Å². The molecular formula is C23H32N4O2. The molecule has 29 heavy (non-hydrogen) atoms. The molecule has 1 fully saturated rings. The van der Waals surface area contributed by atoms with E-state index in [2.05, 4.69) is 51.7 Å². The van der Waals surface area contributed by atoms with E-state index in [-0.39, 0.29) is 0 Å². The predicted octanol–water partition coefficient (Wildman–Crippen LogP) is 2.78. The van der Waals surface area contributed by atoms with Crippen LogP contribution in [0.2, 0.25) is 0 Å². The standard InChI is InChI=1S/C23H32N4O2/c1-3-24-23(26-17-20-8-10-22(28-2)11-9-20)25-16-19-4-6-21(7-5-19)18-27-12-14-29-15-13-27/h4-11H,3,12-18H2,1-2H3,(H2,24,25,26). The summed E-state index contributed by atoms with van der Waals surface area (Å²) in [6.45, 7) is 8.96. The quantitative estimate of drug-likeness (QED) is 0.531. The summed E-state index contributed by atoms with van der Waals surface area (Å²) < 4.78 is 10.6. The summed E-state index contributed by atoms with van der Waals surface area (Å²) in [6.07, 6.45) is 0. The Morgan fingerprint density at radius 1 is 0.966 bits per heavy atom. The molecule has 2 aromatic rings. The smallest absolute Gasteiger partial charge is 0.191 e. The molecule has 1 aliphatic heterocycles. The number of hydrogen-bond donors (Lipinski definition) is 2. The molecule has 1 saturated heterocycles. The van der Waals surface area contributed by atoms with E-state index in [0.29, 0.717) is 6.54 Å². The average Bonchev–Trinajstić information content (AvgIpc) is 2.78. The van der Waals surface area contributed by atoms with E-state index in [1.54, 1.807) is 7.11 Å². The van der Waals surface area contributed by atoms with Crippen LogP contribution in [0.15, 0.2) is 53.5 Å². The minimum absolute atomic E-state index is 0.623. The molecule has 0 saturated carbocycles. The van der Waals surface area contributed by atoms with Crippen LogP contribution in [0.4, 0.5) is 0 Å². The maximum Gasteiger partial charge on any atom is 0.191 e. The molecule has 6 heteroatoms.